The standard InChI is InChI=1S/C13H25NO/c1-15-13(9-6-10-13)11-14-12-7-4-2-3-5-8-12/h12,14H,2-11H2,1H3. The maximum Gasteiger partial charge on any atom is 0.0802 e. The van der Waals surface area contributed by atoms with Crippen LogP contribution in [-0.4, -0.2) is 25.3 Å². The minimum absolute atomic E-state index is 0.201. The first-order valence-corrected chi connectivity index (χ1v) is 6.63. The van der Waals surface area contributed by atoms with Gasteiger partial charge in [0.15, 0.2) is 0 Å². The predicted octanol–water partition coefficient (Wildman–Crippen LogP) is 2.87. The van der Waals surface area contributed by atoms with Crippen LogP contribution in [0.4, 0.5) is 0 Å². The highest BCUT2D eigenvalue weighted by Crippen LogP contribution is 2.34. The van der Waals surface area contributed by atoms with Crippen LogP contribution >= 0.6 is 0 Å². The maximum atomic E-state index is 5.63. The summed E-state index contributed by atoms with van der Waals surface area (Å²) >= 11 is 0. The van der Waals surface area contributed by atoms with Crippen molar-refractivity contribution in [3.8, 4) is 0 Å². The van der Waals surface area contributed by atoms with Crippen LogP contribution in [0, 0.1) is 0 Å². The SMILES string of the molecule is COC1(CNC2CCCCCC2)CCC1. The molecule has 15 heavy (non-hydrogen) atoms. The van der Waals surface area contributed by atoms with Crippen molar-refractivity contribution in [1.82, 2.24) is 5.32 Å². The zero-order chi connectivity index (χ0) is 10.6. The Bertz CT molecular complexity index is 175. The molecular weight excluding hydrogens is 186 g/mol. The summed E-state index contributed by atoms with van der Waals surface area (Å²) in [5, 5.41) is 3.73. The Morgan fingerprint density at radius 2 is 1.73 bits per heavy atom. The first kappa shape index (κ1) is 11.4. The van der Waals surface area contributed by atoms with Gasteiger partial charge in [-0.2, -0.15) is 0 Å². The molecule has 0 bridgehead atoms. The monoisotopic (exact) mass is 211 g/mol. The zero-order valence-electron chi connectivity index (χ0n) is 10.1. The molecule has 0 unspecified atom stereocenters. The van der Waals surface area contributed by atoms with Crippen molar-refractivity contribution in [2.75, 3.05) is 13.7 Å². The predicted molar refractivity (Wildman–Crippen MR) is 63.1 cm³/mol. The van der Waals surface area contributed by atoms with E-state index in [4.69, 9.17) is 4.74 Å². The largest absolute Gasteiger partial charge is 0.377 e. The van der Waals surface area contributed by atoms with Gasteiger partial charge in [0.2, 0.25) is 0 Å². The topological polar surface area (TPSA) is 21.3 Å². The number of nitrogens with one attached hydrogen (secondary N) is 1. The van der Waals surface area contributed by atoms with Gasteiger partial charge in [-0.05, 0) is 32.1 Å². The second kappa shape index (κ2) is 5.31. The minimum Gasteiger partial charge on any atom is -0.377 e. The average Bonchev–Trinajstić information content (AvgIpc) is 2.45. The molecule has 0 atom stereocenters. The molecule has 2 rings (SSSR count). The van der Waals surface area contributed by atoms with E-state index in [-0.39, 0.29) is 5.60 Å². The molecule has 0 radical (unpaired) electrons. The van der Waals surface area contributed by atoms with Gasteiger partial charge < -0.3 is 10.1 Å². The van der Waals surface area contributed by atoms with E-state index in [1.165, 1.54) is 57.8 Å². The first-order valence-electron chi connectivity index (χ1n) is 6.63. The first-order chi connectivity index (χ1) is 7.35. The third-order valence-corrected chi connectivity index (χ3v) is 4.27. The lowest BCUT2D eigenvalue weighted by atomic mass is 9.79. The van der Waals surface area contributed by atoms with Crippen LogP contribution in [0.15, 0.2) is 0 Å². The van der Waals surface area contributed by atoms with Crippen molar-refractivity contribution < 1.29 is 4.74 Å². The summed E-state index contributed by atoms with van der Waals surface area (Å²) in [5.41, 5.74) is 0.201. The van der Waals surface area contributed by atoms with E-state index in [0.717, 1.165) is 12.6 Å². The zero-order valence-corrected chi connectivity index (χ0v) is 10.1. The quantitative estimate of drug-likeness (QED) is 0.722. The highest BCUT2D eigenvalue weighted by Gasteiger charge is 2.37. The summed E-state index contributed by atoms with van der Waals surface area (Å²) in [6, 6.07) is 0.764. The molecular formula is C13H25NO. The highest BCUT2D eigenvalue weighted by molar-refractivity contribution is 4.92. The Hall–Kier alpha value is -0.0800. The van der Waals surface area contributed by atoms with Gasteiger partial charge in [0.05, 0.1) is 5.60 Å². The molecule has 88 valence electrons. The van der Waals surface area contributed by atoms with Crippen molar-refractivity contribution in [2.24, 2.45) is 0 Å². The lowest BCUT2D eigenvalue weighted by Gasteiger charge is -2.41. The van der Waals surface area contributed by atoms with Gasteiger partial charge in [0, 0.05) is 19.7 Å². The van der Waals surface area contributed by atoms with Crippen LogP contribution in [0.1, 0.15) is 57.8 Å². The Balaban J connectivity index is 1.71. The highest BCUT2D eigenvalue weighted by atomic mass is 16.5. The van der Waals surface area contributed by atoms with E-state index >= 15 is 0 Å². The van der Waals surface area contributed by atoms with Crippen molar-refractivity contribution >= 4 is 0 Å². The second-order valence-electron chi connectivity index (χ2n) is 5.31. The average molecular weight is 211 g/mol. The van der Waals surface area contributed by atoms with Gasteiger partial charge in [-0.3, -0.25) is 0 Å². The summed E-state index contributed by atoms with van der Waals surface area (Å²) in [7, 11) is 1.87. The summed E-state index contributed by atoms with van der Waals surface area (Å²) in [5.74, 6) is 0. The summed E-state index contributed by atoms with van der Waals surface area (Å²) in [4.78, 5) is 0. The molecule has 0 heterocycles. The molecule has 0 aromatic heterocycles. The molecule has 0 saturated heterocycles. The van der Waals surface area contributed by atoms with Gasteiger partial charge in [-0.25, -0.2) is 0 Å². The Morgan fingerprint density at radius 1 is 1.07 bits per heavy atom. The molecule has 2 nitrogen and oxygen atoms in total. The minimum atomic E-state index is 0.201. The van der Waals surface area contributed by atoms with Crippen LogP contribution in [0.3, 0.4) is 0 Å². The van der Waals surface area contributed by atoms with Crippen LogP contribution in [0.5, 0.6) is 0 Å². The fourth-order valence-electron chi connectivity index (χ4n) is 2.84. The normalized spacial score (nSPS) is 27.0. The molecule has 2 saturated carbocycles. The molecule has 2 aliphatic carbocycles. The summed E-state index contributed by atoms with van der Waals surface area (Å²) in [6.45, 7) is 1.08. The van der Waals surface area contributed by atoms with Crippen LogP contribution < -0.4 is 5.32 Å². The van der Waals surface area contributed by atoms with Crippen molar-refractivity contribution in [2.45, 2.75) is 69.4 Å². The fraction of sp³-hybridized carbons (Fsp3) is 1.00. The van der Waals surface area contributed by atoms with Crippen LogP contribution in [0.25, 0.3) is 0 Å². The maximum absolute atomic E-state index is 5.63. The lowest BCUT2D eigenvalue weighted by molar-refractivity contribution is -0.0710. The summed E-state index contributed by atoms with van der Waals surface area (Å²) < 4.78 is 5.63. The third-order valence-electron chi connectivity index (χ3n) is 4.27. The molecule has 0 aliphatic heterocycles. The molecule has 0 amide bonds. The molecule has 2 aliphatic rings. The molecule has 2 fully saturated rings. The number of ether oxygens (including phenoxy) is 1. The van der Waals surface area contributed by atoms with Gasteiger partial charge in [-0.1, -0.05) is 25.7 Å². The molecule has 2 heteroatoms. The Labute approximate surface area is 93.8 Å². The van der Waals surface area contributed by atoms with Gasteiger partial charge in [-0.15, -0.1) is 0 Å². The molecule has 0 aromatic carbocycles. The number of methoxy groups -OCH3 is 1. The van der Waals surface area contributed by atoms with Gasteiger partial charge in [0.25, 0.3) is 0 Å². The molecule has 0 aromatic rings. The van der Waals surface area contributed by atoms with E-state index in [1.807, 2.05) is 7.11 Å². The number of hydrogen-bond donors (Lipinski definition) is 1. The van der Waals surface area contributed by atoms with E-state index in [9.17, 15) is 0 Å². The fourth-order valence-corrected chi connectivity index (χ4v) is 2.84. The van der Waals surface area contributed by atoms with Crippen molar-refractivity contribution in [3.63, 3.8) is 0 Å². The van der Waals surface area contributed by atoms with Crippen molar-refractivity contribution in [1.29, 1.82) is 0 Å². The Morgan fingerprint density at radius 3 is 2.20 bits per heavy atom. The van der Waals surface area contributed by atoms with E-state index < -0.39 is 0 Å². The van der Waals surface area contributed by atoms with Gasteiger partial charge >= 0.3 is 0 Å². The van der Waals surface area contributed by atoms with E-state index in [1.54, 1.807) is 0 Å². The Kier molecular flexibility index (Phi) is 4.04. The van der Waals surface area contributed by atoms with Crippen LogP contribution in [0.2, 0.25) is 0 Å². The smallest absolute Gasteiger partial charge is 0.0802 e. The third kappa shape index (κ3) is 2.94. The van der Waals surface area contributed by atoms with E-state index in [2.05, 4.69) is 5.32 Å². The molecule has 1 N–H and O–H groups in total. The van der Waals surface area contributed by atoms with Gasteiger partial charge in [0.1, 0.15) is 0 Å². The number of rotatable bonds is 4. The van der Waals surface area contributed by atoms with Crippen LogP contribution in [-0.2, 0) is 4.74 Å². The van der Waals surface area contributed by atoms with Crippen molar-refractivity contribution in [3.05, 3.63) is 0 Å². The molecule has 0 spiro atoms. The second-order valence-corrected chi connectivity index (χ2v) is 5.31. The lowest BCUT2D eigenvalue weighted by Crippen LogP contribution is -2.50. The van der Waals surface area contributed by atoms with E-state index in [0.29, 0.717) is 0 Å². The number of hydrogen-bond acceptors (Lipinski definition) is 2. The summed E-state index contributed by atoms with van der Waals surface area (Å²) in [6.07, 6.45) is 12.3.